The van der Waals surface area contributed by atoms with E-state index in [2.05, 4.69) is 22.2 Å². The smallest absolute Gasteiger partial charge is 0.274 e. The number of nitrogens with one attached hydrogen (secondary N) is 1. The van der Waals surface area contributed by atoms with E-state index in [4.69, 9.17) is 0 Å². The third-order valence-corrected chi connectivity index (χ3v) is 5.18. The van der Waals surface area contributed by atoms with Gasteiger partial charge >= 0.3 is 0 Å². The lowest BCUT2D eigenvalue weighted by molar-refractivity contribution is -0.119. The highest BCUT2D eigenvalue weighted by atomic mass is 16.2. The summed E-state index contributed by atoms with van der Waals surface area (Å²) < 4.78 is 1.59. The van der Waals surface area contributed by atoms with Gasteiger partial charge in [-0.15, -0.1) is 0 Å². The molecule has 2 amide bonds. The number of hydrogen-bond acceptors (Lipinski definition) is 4. The lowest BCUT2D eigenvalue weighted by Gasteiger charge is -2.33. The maximum atomic E-state index is 12.6. The summed E-state index contributed by atoms with van der Waals surface area (Å²) in [6, 6.07) is 1.70. The molecule has 2 aliphatic rings. The molecule has 0 spiro atoms. The molecule has 0 atom stereocenters. The molecule has 1 saturated carbocycles. The number of carbonyl (C=O) groups is 2. The number of hydrogen-bond donors (Lipinski definition) is 1. The van der Waals surface area contributed by atoms with E-state index in [1.165, 1.54) is 0 Å². The largest absolute Gasteiger partial charge is 0.335 e. The first-order valence-corrected chi connectivity index (χ1v) is 8.95. The van der Waals surface area contributed by atoms with Gasteiger partial charge in [0.15, 0.2) is 5.69 Å². The number of piperazine rings is 1. The molecule has 1 aromatic rings. The average Bonchev–Trinajstić information content (AvgIpc) is 3.25. The first-order valence-electron chi connectivity index (χ1n) is 8.95. The predicted molar refractivity (Wildman–Crippen MR) is 91.8 cm³/mol. The zero-order valence-electron chi connectivity index (χ0n) is 14.6. The van der Waals surface area contributed by atoms with Crippen LogP contribution in [0.25, 0.3) is 0 Å². The van der Waals surface area contributed by atoms with Gasteiger partial charge in [0.1, 0.15) is 5.82 Å². The molecule has 7 heteroatoms. The van der Waals surface area contributed by atoms with Crippen molar-refractivity contribution in [3.63, 3.8) is 0 Å². The van der Waals surface area contributed by atoms with Gasteiger partial charge in [0.05, 0.1) is 0 Å². The summed E-state index contributed by atoms with van der Waals surface area (Å²) in [5, 5.41) is 7.23. The van der Waals surface area contributed by atoms with Gasteiger partial charge in [0.25, 0.3) is 5.91 Å². The molecular weight excluding hydrogens is 306 g/mol. The van der Waals surface area contributed by atoms with Crippen molar-refractivity contribution in [2.45, 2.75) is 32.6 Å². The van der Waals surface area contributed by atoms with E-state index < -0.39 is 0 Å². The summed E-state index contributed by atoms with van der Waals surface area (Å²) >= 11 is 0. The second-order valence-corrected chi connectivity index (χ2v) is 6.74. The minimum Gasteiger partial charge on any atom is -0.335 e. The Hall–Kier alpha value is -1.89. The highest BCUT2D eigenvalue weighted by Crippen LogP contribution is 2.26. The van der Waals surface area contributed by atoms with Crippen molar-refractivity contribution in [1.29, 1.82) is 0 Å². The second kappa shape index (κ2) is 7.34. The summed E-state index contributed by atoms with van der Waals surface area (Å²) in [5.74, 6) is 0.692. The first kappa shape index (κ1) is 17.0. The van der Waals surface area contributed by atoms with Crippen LogP contribution in [0.5, 0.6) is 0 Å². The Morgan fingerprint density at radius 2 is 1.88 bits per heavy atom. The summed E-state index contributed by atoms with van der Waals surface area (Å²) in [7, 11) is 1.76. The van der Waals surface area contributed by atoms with Crippen LogP contribution in [0.4, 0.5) is 5.82 Å². The van der Waals surface area contributed by atoms with E-state index in [0.717, 1.165) is 58.4 Å². The van der Waals surface area contributed by atoms with Crippen LogP contribution in [-0.4, -0.2) is 64.1 Å². The van der Waals surface area contributed by atoms with Crippen LogP contribution in [0.15, 0.2) is 6.07 Å². The fourth-order valence-electron chi connectivity index (χ4n) is 3.53. The van der Waals surface area contributed by atoms with Gasteiger partial charge in [-0.1, -0.05) is 19.8 Å². The highest BCUT2D eigenvalue weighted by Gasteiger charge is 2.26. The van der Waals surface area contributed by atoms with Crippen molar-refractivity contribution in [2.75, 3.05) is 38.0 Å². The Morgan fingerprint density at radius 3 is 2.50 bits per heavy atom. The van der Waals surface area contributed by atoms with Crippen molar-refractivity contribution in [3.05, 3.63) is 11.8 Å². The second-order valence-electron chi connectivity index (χ2n) is 6.74. The van der Waals surface area contributed by atoms with Crippen LogP contribution >= 0.6 is 0 Å². The predicted octanol–water partition coefficient (Wildman–Crippen LogP) is 1.33. The Labute approximate surface area is 143 Å². The van der Waals surface area contributed by atoms with E-state index in [0.29, 0.717) is 11.5 Å². The van der Waals surface area contributed by atoms with Gasteiger partial charge < -0.3 is 15.1 Å². The molecule has 2 fully saturated rings. The molecule has 3 rings (SSSR count). The molecule has 0 unspecified atom stereocenters. The Bertz CT molecular complexity index is 598. The topological polar surface area (TPSA) is 70.5 Å². The van der Waals surface area contributed by atoms with Crippen molar-refractivity contribution < 1.29 is 9.59 Å². The molecule has 2 heterocycles. The molecule has 1 aliphatic carbocycles. The van der Waals surface area contributed by atoms with Crippen molar-refractivity contribution in [2.24, 2.45) is 13.0 Å². The fraction of sp³-hybridized carbons (Fsp3) is 0.706. The average molecular weight is 333 g/mol. The van der Waals surface area contributed by atoms with Crippen LogP contribution in [0.1, 0.15) is 43.1 Å². The standard InChI is InChI=1S/C17H27N5O2/c1-3-21-8-10-22(11-9-21)17(24)14-12-15(20(2)19-14)18-16(23)13-6-4-5-7-13/h12-13H,3-11H2,1-2H3,(H,18,23). The van der Waals surface area contributed by atoms with Crippen LogP contribution in [-0.2, 0) is 11.8 Å². The number of anilines is 1. The summed E-state index contributed by atoms with van der Waals surface area (Å²) in [4.78, 5) is 29.1. The minimum atomic E-state index is -0.0530. The van der Waals surface area contributed by atoms with Gasteiger partial charge in [0.2, 0.25) is 5.91 Å². The molecular formula is C17H27N5O2. The number of likely N-dealkylation sites (N-methyl/N-ethyl adjacent to an activating group) is 1. The number of amides is 2. The summed E-state index contributed by atoms with van der Waals surface area (Å²) in [5.41, 5.74) is 0.407. The highest BCUT2D eigenvalue weighted by molar-refractivity contribution is 5.96. The number of aromatic nitrogens is 2. The zero-order chi connectivity index (χ0) is 17.1. The van der Waals surface area contributed by atoms with Crippen molar-refractivity contribution >= 4 is 17.6 Å². The molecule has 7 nitrogen and oxygen atoms in total. The third kappa shape index (κ3) is 3.61. The molecule has 1 aliphatic heterocycles. The molecule has 132 valence electrons. The quantitative estimate of drug-likeness (QED) is 0.902. The van der Waals surface area contributed by atoms with E-state index in [1.807, 2.05) is 4.90 Å². The monoisotopic (exact) mass is 333 g/mol. The molecule has 1 N–H and O–H groups in total. The minimum absolute atomic E-state index is 0.0473. The first-order chi connectivity index (χ1) is 11.6. The number of carbonyl (C=O) groups excluding carboxylic acids is 2. The summed E-state index contributed by atoms with van der Waals surface area (Å²) in [6.07, 6.45) is 4.16. The maximum absolute atomic E-state index is 12.6. The lowest BCUT2D eigenvalue weighted by Crippen LogP contribution is -2.48. The normalized spacial score (nSPS) is 19.7. The van der Waals surface area contributed by atoms with Gasteiger partial charge in [-0.05, 0) is 19.4 Å². The number of nitrogens with zero attached hydrogens (tertiary/aromatic N) is 4. The van der Waals surface area contributed by atoms with Crippen LogP contribution < -0.4 is 5.32 Å². The molecule has 0 radical (unpaired) electrons. The van der Waals surface area contributed by atoms with E-state index >= 15 is 0 Å². The van der Waals surface area contributed by atoms with Gasteiger partial charge in [-0.3, -0.25) is 14.3 Å². The van der Waals surface area contributed by atoms with E-state index in [9.17, 15) is 9.59 Å². The Kier molecular flexibility index (Phi) is 5.18. The molecule has 0 bridgehead atoms. The maximum Gasteiger partial charge on any atom is 0.274 e. The van der Waals surface area contributed by atoms with E-state index in [-0.39, 0.29) is 17.7 Å². The lowest BCUT2D eigenvalue weighted by atomic mass is 10.1. The molecule has 1 saturated heterocycles. The van der Waals surface area contributed by atoms with Gasteiger partial charge in [-0.2, -0.15) is 5.10 Å². The third-order valence-electron chi connectivity index (χ3n) is 5.18. The fourth-order valence-corrected chi connectivity index (χ4v) is 3.53. The summed E-state index contributed by atoms with van der Waals surface area (Å²) in [6.45, 7) is 6.42. The van der Waals surface area contributed by atoms with Crippen LogP contribution in [0.2, 0.25) is 0 Å². The molecule has 1 aromatic heterocycles. The van der Waals surface area contributed by atoms with Crippen molar-refractivity contribution in [3.8, 4) is 0 Å². The van der Waals surface area contributed by atoms with Crippen LogP contribution in [0, 0.1) is 5.92 Å². The molecule has 0 aromatic carbocycles. The van der Waals surface area contributed by atoms with E-state index in [1.54, 1.807) is 17.8 Å². The van der Waals surface area contributed by atoms with Gasteiger partial charge in [0, 0.05) is 45.2 Å². The Balaban J connectivity index is 1.62. The zero-order valence-corrected chi connectivity index (χ0v) is 14.6. The van der Waals surface area contributed by atoms with Crippen molar-refractivity contribution in [1.82, 2.24) is 19.6 Å². The Morgan fingerprint density at radius 1 is 1.21 bits per heavy atom. The number of aryl methyl sites for hydroxylation is 1. The number of rotatable bonds is 4. The van der Waals surface area contributed by atoms with Gasteiger partial charge in [-0.25, -0.2) is 0 Å². The SMILES string of the molecule is CCN1CCN(C(=O)c2cc(NC(=O)C3CCCC3)n(C)n2)CC1. The molecule has 24 heavy (non-hydrogen) atoms. The van der Waals surface area contributed by atoms with Crippen LogP contribution in [0.3, 0.4) is 0 Å².